The highest BCUT2D eigenvalue weighted by atomic mass is 16.6. The Morgan fingerprint density at radius 1 is 0.900 bits per heavy atom. The number of nitro groups is 1. The number of nitro benzene ring substituents is 1. The van der Waals surface area contributed by atoms with Gasteiger partial charge in [0.1, 0.15) is 7.85 Å². The van der Waals surface area contributed by atoms with Gasteiger partial charge in [-0.15, -0.1) is 0 Å². The summed E-state index contributed by atoms with van der Waals surface area (Å²) >= 11 is 0. The zero-order valence-electron chi connectivity index (χ0n) is 10.6. The third kappa shape index (κ3) is 1.95. The predicted molar refractivity (Wildman–Crippen MR) is 81.4 cm³/mol. The summed E-state index contributed by atoms with van der Waals surface area (Å²) in [4.78, 5) is 11.0. The third-order valence-electron chi connectivity index (χ3n) is 3.31. The van der Waals surface area contributed by atoms with E-state index in [0.29, 0.717) is 11.0 Å². The average Bonchev–Trinajstić information content (AvgIpc) is 2.48. The molecule has 0 atom stereocenters. The first-order valence-electron chi connectivity index (χ1n) is 6.19. The topological polar surface area (TPSA) is 43.1 Å². The average molecular weight is 259 g/mol. The zero-order valence-corrected chi connectivity index (χ0v) is 10.6. The van der Waals surface area contributed by atoms with Crippen LogP contribution in [-0.2, 0) is 0 Å². The second-order valence-electron chi connectivity index (χ2n) is 4.53. The lowest BCUT2D eigenvalue weighted by atomic mass is 9.85. The number of benzene rings is 3. The first-order chi connectivity index (χ1) is 9.68. The molecule has 0 aliphatic carbocycles. The zero-order chi connectivity index (χ0) is 14.1. The van der Waals surface area contributed by atoms with E-state index < -0.39 is 0 Å². The van der Waals surface area contributed by atoms with Crippen molar-refractivity contribution < 1.29 is 4.92 Å². The maximum Gasteiger partial charge on any atom is 0.277 e. The number of hydrogen-bond acceptors (Lipinski definition) is 2. The van der Waals surface area contributed by atoms with Gasteiger partial charge in [-0.1, -0.05) is 60.1 Å². The summed E-state index contributed by atoms with van der Waals surface area (Å²) in [6, 6.07) is 18.3. The summed E-state index contributed by atoms with van der Waals surface area (Å²) < 4.78 is 0. The molecule has 3 nitrogen and oxygen atoms in total. The molecule has 0 saturated heterocycles. The molecule has 0 heterocycles. The molecule has 0 N–H and O–H groups in total. The Morgan fingerprint density at radius 3 is 2.15 bits per heavy atom. The van der Waals surface area contributed by atoms with Gasteiger partial charge in [-0.25, -0.2) is 0 Å². The Balaban J connectivity index is 2.47. The highest BCUT2D eigenvalue weighted by Crippen LogP contribution is 2.35. The Morgan fingerprint density at radius 2 is 1.50 bits per heavy atom. The van der Waals surface area contributed by atoms with E-state index in [1.807, 2.05) is 54.6 Å². The van der Waals surface area contributed by atoms with E-state index in [9.17, 15) is 10.1 Å². The van der Waals surface area contributed by atoms with Crippen molar-refractivity contribution in [3.05, 3.63) is 70.8 Å². The van der Waals surface area contributed by atoms with Gasteiger partial charge in [0.15, 0.2) is 0 Å². The maximum absolute atomic E-state index is 11.3. The molecule has 0 aliphatic heterocycles. The molecular weight excluding hydrogens is 249 g/mol. The van der Waals surface area contributed by atoms with E-state index in [2.05, 4.69) is 0 Å². The van der Waals surface area contributed by atoms with Gasteiger partial charge >= 0.3 is 0 Å². The Bertz CT molecular complexity index is 800. The second-order valence-corrected chi connectivity index (χ2v) is 4.53. The number of rotatable bonds is 2. The summed E-state index contributed by atoms with van der Waals surface area (Å²) in [6.07, 6.45) is 0. The summed E-state index contributed by atoms with van der Waals surface area (Å²) in [7, 11) is 5.94. The van der Waals surface area contributed by atoms with E-state index in [1.54, 1.807) is 0 Å². The number of fused-ring (bicyclic) bond motifs is 1. The molecule has 3 aromatic rings. The maximum atomic E-state index is 11.3. The SMILES string of the molecule is [B]c1cc([N+](=O)[O-])c(-c2ccccc2)c2ccccc12. The normalized spacial score (nSPS) is 10.6. The van der Waals surface area contributed by atoms with Gasteiger partial charge in [0.25, 0.3) is 5.69 Å². The fourth-order valence-corrected chi connectivity index (χ4v) is 2.44. The van der Waals surface area contributed by atoms with Crippen LogP contribution in [0.1, 0.15) is 0 Å². The lowest BCUT2D eigenvalue weighted by molar-refractivity contribution is -0.384. The van der Waals surface area contributed by atoms with Gasteiger partial charge in [0.05, 0.1) is 10.5 Å². The van der Waals surface area contributed by atoms with Crippen LogP contribution < -0.4 is 5.46 Å². The number of nitrogens with zero attached hydrogens (tertiary/aromatic N) is 1. The summed E-state index contributed by atoms with van der Waals surface area (Å²) in [6.45, 7) is 0. The lowest BCUT2D eigenvalue weighted by Gasteiger charge is -2.10. The minimum Gasteiger partial charge on any atom is -0.258 e. The minimum absolute atomic E-state index is 0.0346. The largest absolute Gasteiger partial charge is 0.277 e. The van der Waals surface area contributed by atoms with Crippen LogP contribution in [0.5, 0.6) is 0 Å². The van der Waals surface area contributed by atoms with Crippen molar-refractivity contribution in [2.75, 3.05) is 0 Å². The predicted octanol–water partition coefficient (Wildman–Crippen LogP) is 3.21. The van der Waals surface area contributed by atoms with Crippen LogP contribution >= 0.6 is 0 Å². The van der Waals surface area contributed by atoms with Crippen LogP contribution in [0, 0.1) is 10.1 Å². The molecule has 4 heteroatoms. The standard InChI is InChI=1S/C16H10BNO2/c17-14-10-15(18(19)20)16(11-6-2-1-3-7-11)13-9-5-4-8-12(13)14/h1-10H. The molecule has 0 aromatic heterocycles. The molecule has 0 fully saturated rings. The second kappa shape index (κ2) is 4.81. The Kier molecular flexibility index (Phi) is 2.99. The fourth-order valence-electron chi connectivity index (χ4n) is 2.44. The quantitative estimate of drug-likeness (QED) is 0.403. The third-order valence-corrected chi connectivity index (χ3v) is 3.31. The van der Waals surface area contributed by atoms with E-state index in [0.717, 1.165) is 16.3 Å². The molecular formula is C16H10BNO2. The number of hydrogen-bond donors (Lipinski definition) is 0. The van der Waals surface area contributed by atoms with E-state index in [1.165, 1.54) is 6.07 Å². The van der Waals surface area contributed by atoms with Crippen LogP contribution in [0.25, 0.3) is 21.9 Å². The molecule has 0 saturated carbocycles. The van der Waals surface area contributed by atoms with Gasteiger partial charge in [0.2, 0.25) is 0 Å². The van der Waals surface area contributed by atoms with Crippen molar-refractivity contribution in [1.29, 1.82) is 0 Å². The fraction of sp³-hybridized carbons (Fsp3) is 0. The summed E-state index contributed by atoms with van der Waals surface area (Å²) in [5.41, 5.74) is 1.88. The first kappa shape index (κ1) is 12.4. The lowest BCUT2D eigenvalue weighted by Crippen LogP contribution is -2.07. The Hall–Kier alpha value is -2.62. The van der Waals surface area contributed by atoms with Gasteiger partial charge in [-0.05, 0) is 16.3 Å². The van der Waals surface area contributed by atoms with Crippen LogP contribution in [0.2, 0.25) is 0 Å². The van der Waals surface area contributed by atoms with Crippen LogP contribution in [0.3, 0.4) is 0 Å². The van der Waals surface area contributed by atoms with E-state index in [-0.39, 0.29) is 10.6 Å². The van der Waals surface area contributed by atoms with Gasteiger partial charge in [-0.3, -0.25) is 10.1 Å². The molecule has 20 heavy (non-hydrogen) atoms. The van der Waals surface area contributed by atoms with Crippen molar-refractivity contribution in [2.24, 2.45) is 0 Å². The highest BCUT2D eigenvalue weighted by molar-refractivity contribution is 6.40. The molecule has 0 bridgehead atoms. The minimum atomic E-state index is -0.384. The molecule has 0 aliphatic rings. The first-order valence-corrected chi connectivity index (χ1v) is 6.19. The Labute approximate surface area is 117 Å². The van der Waals surface area contributed by atoms with Crippen molar-refractivity contribution in [2.45, 2.75) is 0 Å². The van der Waals surface area contributed by atoms with Crippen LogP contribution in [-0.4, -0.2) is 12.8 Å². The van der Waals surface area contributed by atoms with Crippen LogP contribution in [0.15, 0.2) is 60.7 Å². The van der Waals surface area contributed by atoms with Crippen LogP contribution in [0.4, 0.5) is 5.69 Å². The van der Waals surface area contributed by atoms with Crippen molar-refractivity contribution in [1.82, 2.24) is 0 Å². The molecule has 0 amide bonds. The van der Waals surface area contributed by atoms with Gasteiger partial charge in [-0.2, -0.15) is 0 Å². The molecule has 3 aromatic carbocycles. The van der Waals surface area contributed by atoms with E-state index in [4.69, 9.17) is 7.85 Å². The molecule has 94 valence electrons. The molecule has 3 rings (SSSR count). The van der Waals surface area contributed by atoms with Gasteiger partial charge < -0.3 is 0 Å². The van der Waals surface area contributed by atoms with Crippen molar-refractivity contribution in [3.63, 3.8) is 0 Å². The van der Waals surface area contributed by atoms with Crippen molar-refractivity contribution >= 4 is 29.8 Å². The molecule has 0 spiro atoms. The monoisotopic (exact) mass is 259 g/mol. The van der Waals surface area contributed by atoms with E-state index >= 15 is 0 Å². The smallest absolute Gasteiger partial charge is 0.258 e. The van der Waals surface area contributed by atoms with Crippen molar-refractivity contribution in [3.8, 4) is 11.1 Å². The summed E-state index contributed by atoms with van der Waals surface area (Å²) in [5.74, 6) is 0. The van der Waals surface area contributed by atoms with Gasteiger partial charge in [0, 0.05) is 6.07 Å². The molecule has 0 unspecified atom stereocenters. The highest BCUT2D eigenvalue weighted by Gasteiger charge is 2.19. The summed E-state index contributed by atoms with van der Waals surface area (Å²) in [5, 5.41) is 13.0. The molecule has 2 radical (unpaired) electrons.